The van der Waals surface area contributed by atoms with Gasteiger partial charge >= 0.3 is 0 Å². The van der Waals surface area contributed by atoms with E-state index in [1.165, 1.54) is 19.2 Å². The van der Waals surface area contributed by atoms with Crippen molar-refractivity contribution in [3.63, 3.8) is 0 Å². The van der Waals surface area contributed by atoms with Crippen LogP contribution in [0.2, 0.25) is 0 Å². The lowest BCUT2D eigenvalue weighted by Gasteiger charge is -2.11. The van der Waals surface area contributed by atoms with Crippen molar-refractivity contribution in [3.8, 4) is 0 Å². The summed E-state index contributed by atoms with van der Waals surface area (Å²) in [6.07, 6.45) is 0. The van der Waals surface area contributed by atoms with E-state index in [9.17, 15) is 13.2 Å². The summed E-state index contributed by atoms with van der Waals surface area (Å²) in [6.45, 7) is 2.63. The molecule has 2 N–H and O–H groups in total. The minimum absolute atomic E-state index is 0.0601. The SMILES string of the molecule is COCCNS(=O)(=O)c1ccc(C)c(C(=O)NCc2ccsc2)c1. The number of sulfonamides is 1. The molecule has 130 valence electrons. The molecule has 1 aromatic carbocycles. The van der Waals surface area contributed by atoms with Gasteiger partial charge in [0.1, 0.15) is 0 Å². The van der Waals surface area contributed by atoms with Crippen LogP contribution >= 0.6 is 11.3 Å². The number of hydrogen-bond acceptors (Lipinski definition) is 5. The lowest BCUT2D eigenvalue weighted by molar-refractivity contribution is 0.0950. The number of ether oxygens (including phenoxy) is 1. The number of nitrogens with one attached hydrogen (secondary N) is 2. The van der Waals surface area contributed by atoms with Crippen molar-refractivity contribution in [2.75, 3.05) is 20.3 Å². The zero-order chi connectivity index (χ0) is 17.6. The van der Waals surface area contributed by atoms with Gasteiger partial charge in [-0.1, -0.05) is 6.07 Å². The van der Waals surface area contributed by atoms with E-state index in [-0.39, 0.29) is 24.0 Å². The minimum Gasteiger partial charge on any atom is -0.383 e. The molecule has 0 aliphatic heterocycles. The van der Waals surface area contributed by atoms with Crippen molar-refractivity contribution in [1.29, 1.82) is 0 Å². The Hall–Kier alpha value is -1.74. The number of amides is 1. The van der Waals surface area contributed by atoms with Gasteiger partial charge < -0.3 is 10.1 Å². The Balaban J connectivity index is 2.14. The Kier molecular flexibility index (Phi) is 6.50. The third-order valence-corrected chi connectivity index (χ3v) is 5.59. The fourth-order valence-corrected chi connectivity index (χ4v) is 3.75. The van der Waals surface area contributed by atoms with Crippen LogP contribution in [0.5, 0.6) is 0 Å². The second kappa shape index (κ2) is 8.39. The van der Waals surface area contributed by atoms with Crippen LogP contribution in [0.4, 0.5) is 0 Å². The molecule has 0 radical (unpaired) electrons. The first-order valence-electron chi connectivity index (χ1n) is 7.32. The largest absolute Gasteiger partial charge is 0.383 e. The van der Waals surface area contributed by atoms with Gasteiger partial charge in [-0.2, -0.15) is 11.3 Å². The molecule has 8 heteroatoms. The highest BCUT2D eigenvalue weighted by Crippen LogP contribution is 2.16. The molecule has 0 atom stereocenters. The van der Waals surface area contributed by atoms with E-state index in [0.717, 1.165) is 5.56 Å². The van der Waals surface area contributed by atoms with Gasteiger partial charge in [-0.05, 0) is 47.0 Å². The van der Waals surface area contributed by atoms with Crippen LogP contribution in [0.25, 0.3) is 0 Å². The number of thiophene rings is 1. The molecule has 2 rings (SSSR count). The molecule has 1 heterocycles. The normalized spacial score (nSPS) is 11.4. The standard InChI is InChI=1S/C16H20N2O4S2/c1-12-3-4-14(24(20,21)18-6-7-22-2)9-15(12)16(19)17-10-13-5-8-23-11-13/h3-5,8-9,11,18H,6-7,10H2,1-2H3,(H,17,19). The molecular formula is C16H20N2O4S2. The zero-order valence-electron chi connectivity index (χ0n) is 13.5. The predicted octanol–water partition coefficient (Wildman–Crippen LogP) is 1.91. The molecule has 0 fully saturated rings. The lowest BCUT2D eigenvalue weighted by Crippen LogP contribution is -2.28. The van der Waals surface area contributed by atoms with Gasteiger partial charge in [0, 0.05) is 25.8 Å². The molecular weight excluding hydrogens is 348 g/mol. The maximum absolute atomic E-state index is 12.4. The highest BCUT2D eigenvalue weighted by Gasteiger charge is 2.17. The maximum atomic E-state index is 12.4. The molecule has 0 spiro atoms. The first-order valence-corrected chi connectivity index (χ1v) is 9.75. The fraction of sp³-hybridized carbons (Fsp3) is 0.312. The molecule has 1 aromatic heterocycles. The third kappa shape index (κ3) is 4.88. The van der Waals surface area contributed by atoms with Gasteiger partial charge in [-0.3, -0.25) is 4.79 Å². The van der Waals surface area contributed by atoms with E-state index < -0.39 is 10.0 Å². The van der Waals surface area contributed by atoms with E-state index in [1.54, 1.807) is 24.3 Å². The van der Waals surface area contributed by atoms with Gasteiger partial charge in [-0.15, -0.1) is 0 Å². The summed E-state index contributed by atoms with van der Waals surface area (Å²) in [5.41, 5.74) is 2.07. The van der Waals surface area contributed by atoms with E-state index in [1.807, 2.05) is 16.8 Å². The summed E-state index contributed by atoms with van der Waals surface area (Å²) in [4.78, 5) is 12.4. The van der Waals surface area contributed by atoms with Crippen LogP contribution in [0.1, 0.15) is 21.5 Å². The fourth-order valence-electron chi connectivity index (χ4n) is 2.05. The van der Waals surface area contributed by atoms with Crippen molar-refractivity contribution in [2.24, 2.45) is 0 Å². The number of aryl methyl sites for hydroxylation is 1. The monoisotopic (exact) mass is 368 g/mol. The number of rotatable bonds is 8. The number of carbonyl (C=O) groups excluding carboxylic acids is 1. The Labute approximate surface area is 145 Å². The number of benzene rings is 1. The van der Waals surface area contributed by atoms with Crippen LogP contribution in [-0.2, 0) is 21.3 Å². The van der Waals surface area contributed by atoms with Crippen molar-refractivity contribution < 1.29 is 17.9 Å². The second-order valence-corrected chi connectivity index (χ2v) is 7.73. The van der Waals surface area contributed by atoms with Crippen molar-refractivity contribution in [2.45, 2.75) is 18.4 Å². The van der Waals surface area contributed by atoms with Crippen LogP contribution in [0.3, 0.4) is 0 Å². The van der Waals surface area contributed by atoms with Gasteiger partial charge in [0.05, 0.1) is 11.5 Å². The highest BCUT2D eigenvalue weighted by molar-refractivity contribution is 7.89. The molecule has 0 aliphatic rings. The maximum Gasteiger partial charge on any atom is 0.251 e. The van der Waals surface area contributed by atoms with Crippen LogP contribution in [0, 0.1) is 6.92 Å². The first kappa shape index (κ1) is 18.6. The quantitative estimate of drug-likeness (QED) is 0.697. The van der Waals surface area contributed by atoms with E-state index in [4.69, 9.17) is 4.74 Å². The molecule has 0 saturated heterocycles. The predicted molar refractivity (Wildman–Crippen MR) is 93.7 cm³/mol. The first-order chi connectivity index (χ1) is 11.4. The number of hydrogen-bond donors (Lipinski definition) is 2. The van der Waals surface area contributed by atoms with Crippen molar-refractivity contribution in [3.05, 3.63) is 51.7 Å². The number of carbonyl (C=O) groups is 1. The summed E-state index contributed by atoms with van der Waals surface area (Å²) in [5.74, 6) is -0.298. The summed E-state index contributed by atoms with van der Waals surface area (Å²) in [7, 11) is -2.18. The molecule has 0 bridgehead atoms. The minimum atomic E-state index is -3.67. The highest BCUT2D eigenvalue weighted by atomic mass is 32.2. The van der Waals surface area contributed by atoms with Gasteiger partial charge in [-0.25, -0.2) is 13.1 Å². The summed E-state index contributed by atoms with van der Waals surface area (Å²) in [5, 5.41) is 6.69. The zero-order valence-corrected chi connectivity index (χ0v) is 15.2. The Morgan fingerprint density at radius 1 is 1.29 bits per heavy atom. The van der Waals surface area contributed by atoms with Crippen molar-refractivity contribution >= 4 is 27.3 Å². The Morgan fingerprint density at radius 2 is 2.08 bits per heavy atom. The molecule has 0 aliphatic carbocycles. The Bertz CT molecular complexity index is 786. The molecule has 1 amide bonds. The Morgan fingerprint density at radius 3 is 2.75 bits per heavy atom. The van der Waals surface area contributed by atoms with Gasteiger partial charge in [0.25, 0.3) is 5.91 Å². The molecule has 6 nitrogen and oxygen atoms in total. The lowest BCUT2D eigenvalue weighted by atomic mass is 10.1. The smallest absolute Gasteiger partial charge is 0.251 e. The van der Waals surface area contributed by atoms with Crippen LogP contribution in [0.15, 0.2) is 39.9 Å². The number of methoxy groups -OCH3 is 1. The molecule has 0 unspecified atom stereocenters. The average molecular weight is 368 g/mol. The van der Waals surface area contributed by atoms with Gasteiger partial charge in [0.2, 0.25) is 10.0 Å². The topological polar surface area (TPSA) is 84.5 Å². The van der Waals surface area contributed by atoms with Crippen molar-refractivity contribution in [1.82, 2.24) is 10.0 Å². The summed E-state index contributed by atoms with van der Waals surface area (Å²) < 4.78 is 31.7. The van der Waals surface area contributed by atoms with Crippen LogP contribution in [-0.4, -0.2) is 34.6 Å². The summed E-state index contributed by atoms with van der Waals surface area (Å²) in [6, 6.07) is 6.44. The molecule has 24 heavy (non-hydrogen) atoms. The van der Waals surface area contributed by atoms with E-state index in [0.29, 0.717) is 17.7 Å². The third-order valence-electron chi connectivity index (χ3n) is 3.40. The average Bonchev–Trinajstić information content (AvgIpc) is 3.06. The summed E-state index contributed by atoms with van der Waals surface area (Å²) >= 11 is 1.56. The second-order valence-electron chi connectivity index (χ2n) is 5.18. The van der Waals surface area contributed by atoms with E-state index >= 15 is 0 Å². The molecule has 2 aromatic rings. The van der Waals surface area contributed by atoms with E-state index in [2.05, 4.69) is 10.0 Å². The molecule has 0 saturated carbocycles. The van der Waals surface area contributed by atoms with Crippen LogP contribution < -0.4 is 10.0 Å². The van der Waals surface area contributed by atoms with Gasteiger partial charge in [0.15, 0.2) is 0 Å².